The molecule has 0 aliphatic carbocycles. The topological polar surface area (TPSA) is 26.0 Å². The van der Waals surface area contributed by atoms with Crippen molar-refractivity contribution in [2.75, 3.05) is 6.54 Å². The summed E-state index contributed by atoms with van der Waals surface area (Å²) in [5.41, 5.74) is 6.89. The van der Waals surface area contributed by atoms with Crippen molar-refractivity contribution >= 4 is 11.3 Å². The van der Waals surface area contributed by atoms with Crippen molar-refractivity contribution in [3.63, 3.8) is 0 Å². The molecule has 0 saturated carbocycles. The van der Waals surface area contributed by atoms with Crippen LogP contribution in [0, 0.1) is 6.92 Å². The lowest BCUT2D eigenvalue weighted by atomic mass is 10.1. The minimum Gasteiger partial charge on any atom is -0.327 e. The van der Waals surface area contributed by atoms with Gasteiger partial charge in [-0.1, -0.05) is 11.6 Å². The highest BCUT2D eigenvalue weighted by atomic mass is 32.1. The third kappa shape index (κ3) is 2.47. The van der Waals surface area contributed by atoms with Gasteiger partial charge in [-0.25, -0.2) is 0 Å². The summed E-state index contributed by atoms with van der Waals surface area (Å²) in [6, 6.07) is 4.34. The van der Waals surface area contributed by atoms with Gasteiger partial charge in [0.15, 0.2) is 0 Å². The number of hydrogen-bond donors (Lipinski definition) is 1. The van der Waals surface area contributed by atoms with Crippen LogP contribution in [0.1, 0.15) is 16.7 Å². The second-order valence-electron chi connectivity index (χ2n) is 2.84. The first-order valence-corrected chi connectivity index (χ1v) is 4.97. The zero-order valence-corrected chi connectivity index (χ0v) is 8.45. The van der Waals surface area contributed by atoms with Crippen molar-refractivity contribution in [3.05, 3.63) is 33.5 Å². The van der Waals surface area contributed by atoms with E-state index in [9.17, 15) is 0 Å². The molecule has 0 radical (unpaired) electrons. The molecule has 0 fully saturated rings. The highest BCUT2D eigenvalue weighted by Gasteiger charge is 1.98. The Morgan fingerprint density at radius 2 is 2.33 bits per heavy atom. The van der Waals surface area contributed by atoms with Crippen LogP contribution in [-0.2, 0) is 6.42 Å². The summed E-state index contributed by atoms with van der Waals surface area (Å²) in [6.45, 7) is 4.85. The first kappa shape index (κ1) is 9.49. The summed E-state index contributed by atoms with van der Waals surface area (Å²) in [6.07, 6.45) is 3.13. The molecule has 66 valence electrons. The molecule has 1 aromatic heterocycles. The molecule has 0 bridgehead atoms. The van der Waals surface area contributed by atoms with Crippen LogP contribution in [0.3, 0.4) is 0 Å². The summed E-state index contributed by atoms with van der Waals surface area (Å²) in [5, 5.41) is 0. The van der Waals surface area contributed by atoms with Gasteiger partial charge in [0.25, 0.3) is 0 Å². The van der Waals surface area contributed by atoms with Gasteiger partial charge >= 0.3 is 0 Å². The van der Waals surface area contributed by atoms with Gasteiger partial charge in [0.1, 0.15) is 0 Å². The number of allylic oxidation sites excluding steroid dienone is 1. The lowest BCUT2D eigenvalue weighted by molar-refractivity contribution is 1.05. The van der Waals surface area contributed by atoms with Gasteiger partial charge in [0, 0.05) is 22.7 Å². The van der Waals surface area contributed by atoms with E-state index in [4.69, 9.17) is 5.73 Å². The molecule has 1 aromatic rings. The smallest absolute Gasteiger partial charge is 0.0140 e. The van der Waals surface area contributed by atoms with E-state index in [1.807, 2.05) is 18.3 Å². The van der Waals surface area contributed by atoms with Crippen LogP contribution >= 0.6 is 11.3 Å². The molecule has 0 unspecified atom stereocenters. The van der Waals surface area contributed by atoms with E-state index in [-0.39, 0.29) is 0 Å². The van der Waals surface area contributed by atoms with Crippen molar-refractivity contribution in [3.8, 4) is 0 Å². The molecular weight excluding hydrogens is 166 g/mol. The van der Waals surface area contributed by atoms with Gasteiger partial charge in [-0.15, -0.1) is 11.3 Å². The van der Waals surface area contributed by atoms with Crippen molar-refractivity contribution < 1.29 is 0 Å². The highest BCUT2D eigenvalue weighted by molar-refractivity contribution is 7.11. The van der Waals surface area contributed by atoms with Gasteiger partial charge in [-0.05, 0) is 26.0 Å². The van der Waals surface area contributed by atoms with Crippen LogP contribution in [-0.4, -0.2) is 6.54 Å². The number of rotatable bonds is 3. The summed E-state index contributed by atoms with van der Waals surface area (Å²) < 4.78 is 0. The zero-order chi connectivity index (χ0) is 8.97. The minimum absolute atomic E-state index is 0.674. The molecule has 1 heterocycles. The van der Waals surface area contributed by atoms with Crippen LogP contribution < -0.4 is 5.73 Å². The molecule has 0 atom stereocenters. The lowest BCUT2D eigenvalue weighted by Crippen LogP contribution is -2.04. The molecule has 2 N–H and O–H groups in total. The Labute approximate surface area is 77.9 Å². The Hall–Kier alpha value is -0.600. The van der Waals surface area contributed by atoms with E-state index in [0.717, 1.165) is 6.42 Å². The van der Waals surface area contributed by atoms with Gasteiger partial charge in [-0.2, -0.15) is 0 Å². The maximum Gasteiger partial charge on any atom is 0.0140 e. The molecule has 0 amide bonds. The third-order valence-electron chi connectivity index (χ3n) is 1.87. The van der Waals surface area contributed by atoms with Crippen LogP contribution in [0.4, 0.5) is 0 Å². The number of thiophene rings is 1. The Balaban J connectivity index is 2.63. The fourth-order valence-corrected chi connectivity index (χ4v) is 2.04. The number of nitrogens with two attached hydrogens (primary N) is 1. The largest absolute Gasteiger partial charge is 0.327 e. The highest BCUT2D eigenvalue weighted by Crippen LogP contribution is 2.18. The predicted octanol–water partition coefficient (Wildman–Crippen LogP) is 2.50. The molecule has 0 aliphatic rings. The van der Waals surface area contributed by atoms with Crippen LogP contribution in [0.2, 0.25) is 0 Å². The predicted molar refractivity (Wildman–Crippen MR) is 55.6 cm³/mol. The van der Waals surface area contributed by atoms with E-state index >= 15 is 0 Å². The van der Waals surface area contributed by atoms with Crippen molar-refractivity contribution in [2.45, 2.75) is 20.3 Å². The molecule has 2 heteroatoms. The van der Waals surface area contributed by atoms with Crippen molar-refractivity contribution in [1.82, 2.24) is 0 Å². The van der Waals surface area contributed by atoms with Crippen molar-refractivity contribution in [2.24, 2.45) is 5.73 Å². The van der Waals surface area contributed by atoms with E-state index in [2.05, 4.69) is 25.1 Å². The number of hydrogen-bond acceptors (Lipinski definition) is 2. The zero-order valence-electron chi connectivity index (χ0n) is 7.63. The number of aryl methyl sites for hydroxylation is 1. The fraction of sp³-hybridized carbons (Fsp3) is 0.400. The molecule has 0 spiro atoms. The summed E-state index contributed by atoms with van der Waals surface area (Å²) in [7, 11) is 0. The van der Waals surface area contributed by atoms with E-state index in [1.165, 1.54) is 15.3 Å². The molecular formula is C10H15NS. The minimum atomic E-state index is 0.674. The summed E-state index contributed by atoms with van der Waals surface area (Å²) >= 11 is 1.85. The fourth-order valence-electron chi connectivity index (χ4n) is 1.10. The molecule has 0 aromatic carbocycles. The van der Waals surface area contributed by atoms with Gasteiger partial charge < -0.3 is 5.73 Å². The van der Waals surface area contributed by atoms with E-state index in [1.54, 1.807) is 0 Å². The SMILES string of the molecule is C/C=C(\CN)Cc1ccc(C)s1. The molecule has 1 rings (SSSR count). The van der Waals surface area contributed by atoms with Crippen LogP contribution in [0.25, 0.3) is 0 Å². The maximum absolute atomic E-state index is 5.57. The van der Waals surface area contributed by atoms with Gasteiger partial charge in [-0.3, -0.25) is 0 Å². The van der Waals surface area contributed by atoms with E-state index < -0.39 is 0 Å². The quantitative estimate of drug-likeness (QED) is 0.712. The first-order chi connectivity index (χ1) is 5.76. The Kier molecular flexibility index (Phi) is 3.50. The molecule has 12 heavy (non-hydrogen) atoms. The molecule has 1 nitrogen and oxygen atoms in total. The second-order valence-corrected chi connectivity index (χ2v) is 4.21. The normalized spacial score (nSPS) is 12.1. The molecule has 0 aliphatic heterocycles. The second kappa shape index (κ2) is 4.43. The van der Waals surface area contributed by atoms with Gasteiger partial charge in [0.2, 0.25) is 0 Å². The Morgan fingerprint density at radius 3 is 2.75 bits per heavy atom. The van der Waals surface area contributed by atoms with Crippen LogP contribution in [0.5, 0.6) is 0 Å². The molecule has 0 saturated heterocycles. The monoisotopic (exact) mass is 181 g/mol. The average molecular weight is 181 g/mol. The summed E-state index contributed by atoms with van der Waals surface area (Å²) in [4.78, 5) is 2.78. The van der Waals surface area contributed by atoms with Crippen molar-refractivity contribution in [1.29, 1.82) is 0 Å². The first-order valence-electron chi connectivity index (χ1n) is 4.15. The lowest BCUT2D eigenvalue weighted by Gasteiger charge is -1.99. The summed E-state index contributed by atoms with van der Waals surface area (Å²) in [5.74, 6) is 0. The maximum atomic E-state index is 5.57. The Morgan fingerprint density at radius 1 is 1.58 bits per heavy atom. The average Bonchev–Trinajstić information content (AvgIpc) is 2.47. The van der Waals surface area contributed by atoms with E-state index in [0.29, 0.717) is 6.54 Å². The van der Waals surface area contributed by atoms with Gasteiger partial charge in [0.05, 0.1) is 0 Å². The Bertz CT molecular complexity index is 273. The van der Waals surface area contributed by atoms with Crippen LogP contribution in [0.15, 0.2) is 23.8 Å². The standard InChI is InChI=1S/C10H15NS/c1-3-9(7-11)6-10-5-4-8(2)12-10/h3-5H,6-7,11H2,1-2H3/b9-3-. The third-order valence-corrected chi connectivity index (χ3v) is 2.87.